The van der Waals surface area contributed by atoms with Gasteiger partial charge in [-0.25, -0.2) is 4.68 Å². The number of hydrogen-bond acceptors (Lipinski definition) is 9. The SMILES string of the molecule is C=Cc1ccc(-n2ccc(C)n2)c([C@@H](Oc2cc(N3CCC4(CC3)CN[C@H](C(=O)OCC)C4)nc(N)n2)C(F)(F)F)c1. The number of nitrogens with one attached hydrogen (secondary N) is 1. The van der Waals surface area contributed by atoms with E-state index in [1.165, 1.54) is 22.9 Å². The molecule has 0 aliphatic carbocycles. The number of ether oxygens (including phenoxy) is 2. The van der Waals surface area contributed by atoms with Gasteiger partial charge in [-0.2, -0.15) is 28.2 Å². The molecule has 42 heavy (non-hydrogen) atoms. The highest BCUT2D eigenvalue weighted by Crippen LogP contribution is 2.42. The zero-order chi connectivity index (χ0) is 30.1. The highest BCUT2D eigenvalue weighted by Gasteiger charge is 2.46. The number of alkyl halides is 3. The molecule has 4 heterocycles. The number of aromatic nitrogens is 4. The van der Waals surface area contributed by atoms with Crippen LogP contribution in [0.1, 0.15) is 49.1 Å². The van der Waals surface area contributed by atoms with Crippen LogP contribution < -0.4 is 20.7 Å². The Hall–Kier alpha value is -4.13. The smallest absolute Gasteiger partial charge is 0.429 e. The number of carbonyl (C=O) groups is 1. The summed E-state index contributed by atoms with van der Waals surface area (Å²) in [5, 5.41) is 7.57. The molecule has 2 aliphatic rings. The maximum absolute atomic E-state index is 14.6. The van der Waals surface area contributed by atoms with E-state index in [0.717, 1.165) is 12.8 Å². The predicted molar refractivity (Wildman–Crippen MR) is 151 cm³/mol. The minimum absolute atomic E-state index is 0.0648. The summed E-state index contributed by atoms with van der Waals surface area (Å²) in [5.41, 5.74) is 7.10. The Morgan fingerprint density at radius 2 is 2.02 bits per heavy atom. The van der Waals surface area contributed by atoms with Gasteiger partial charge in [0.05, 0.1) is 18.0 Å². The number of esters is 1. The normalized spacial score (nSPS) is 19.1. The number of anilines is 2. The Bertz CT molecular complexity index is 1450. The number of benzene rings is 1. The zero-order valence-electron chi connectivity index (χ0n) is 23.5. The summed E-state index contributed by atoms with van der Waals surface area (Å²) in [5.74, 6) is -0.359. The number of halogens is 3. The second kappa shape index (κ2) is 11.6. The fraction of sp³-hybridized carbons (Fsp3) is 0.448. The Labute approximate surface area is 241 Å². The molecule has 0 unspecified atom stereocenters. The lowest BCUT2D eigenvalue weighted by molar-refractivity contribution is -0.198. The van der Waals surface area contributed by atoms with E-state index in [-0.39, 0.29) is 40.5 Å². The number of aryl methyl sites for hydroxylation is 1. The lowest BCUT2D eigenvalue weighted by atomic mass is 9.76. The first kappa shape index (κ1) is 29.4. The van der Waals surface area contributed by atoms with E-state index in [0.29, 0.717) is 49.7 Å². The first-order chi connectivity index (χ1) is 20.0. The van der Waals surface area contributed by atoms with E-state index in [2.05, 4.69) is 27.0 Å². The molecule has 0 saturated carbocycles. The van der Waals surface area contributed by atoms with Gasteiger partial charge in [-0.3, -0.25) is 4.79 Å². The van der Waals surface area contributed by atoms with Gasteiger partial charge in [0.2, 0.25) is 17.9 Å². The van der Waals surface area contributed by atoms with Crippen molar-refractivity contribution < 1.29 is 27.4 Å². The summed E-state index contributed by atoms with van der Waals surface area (Å²) in [7, 11) is 0. The Balaban J connectivity index is 1.38. The molecular formula is C29H34F3N7O3. The molecule has 0 bridgehead atoms. The zero-order valence-corrected chi connectivity index (χ0v) is 23.5. The van der Waals surface area contributed by atoms with Crippen LogP contribution in [0.25, 0.3) is 11.8 Å². The Kier molecular flexibility index (Phi) is 8.13. The number of rotatable bonds is 8. The van der Waals surface area contributed by atoms with Gasteiger partial charge in [0.15, 0.2) is 0 Å². The minimum atomic E-state index is -4.79. The van der Waals surface area contributed by atoms with Gasteiger partial charge in [0.25, 0.3) is 0 Å². The third-order valence-electron chi connectivity index (χ3n) is 7.86. The van der Waals surface area contributed by atoms with Crippen LogP contribution in [0, 0.1) is 12.3 Å². The van der Waals surface area contributed by atoms with Crippen LogP contribution in [0.2, 0.25) is 0 Å². The van der Waals surface area contributed by atoms with Gasteiger partial charge in [0.1, 0.15) is 11.9 Å². The maximum Gasteiger partial charge on any atom is 0.429 e. The van der Waals surface area contributed by atoms with Crippen molar-refractivity contribution in [1.82, 2.24) is 25.1 Å². The third kappa shape index (κ3) is 6.20. The van der Waals surface area contributed by atoms with Gasteiger partial charge >= 0.3 is 12.1 Å². The van der Waals surface area contributed by atoms with Crippen LogP contribution in [0.3, 0.4) is 0 Å². The molecule has 224 valence electrons. The highest BCUT2D eigenvalue weighted by atomic mass is 19.4. The standard InChI is InChI=1S/C29H34F3N7O3/c1-4-19-6-7-22(39-11-8-18(3)37-39)20(14-19)25(29(30,31)32)42-24-15-23(35-27(33)36-24)38-12-9-28(10-13-38)16-21(34-17-28)26(40)41-5-2/h4,6-8,11,14-15,21,25,34H,1,5,9-10,12-13,16-17H2,2-3H3,(H2,33,35,36)/t21-,25+/m0/s1. The number of nitrogens with two attached hydrogens (primary N) is 1. The summed E-state index contributed by atoms with van der Waals surface area (Å²) in [6.07, 6.45) is -1.90. The third-order valence-corrected chi connectivity index (χ3v) is 7.86. The average Bonchev–Trinajstić information content (AvgIpc) is 3.57. The largest absolute Gasteiger partial charge is 0.465 e. The van der Waals surface area contributed by atoms with Crippen LogP contribution in [0.5, 0.6) is 5.88 Å². The summed E-state index contributed by atoms with van der Waals surface area (Å²) in [6, 6.07) is 7.35. The van der Waals surface area contributed by atoms with E-state index < -0.39 is 12.3 Å². The molecule has 5 rings (SSSR count). The first-order valence-corrected chi connectivity index (χ1v) is 13.8. The van der Waals surface area contributed by atoms with Crippen molar-refractivity contribution >= 4 is 23.8 Å². The summed E-state index contributed by atoms with van der Waals surface area (Å²) >= 11 is 0. The van der Waals surface area contributed by atoms with Crippen LogP contribution in [0.4, 0.5) is 24.9 Å². The molecule has 10 nitrogen and oxygen atoms in total. The first-order valence-electron chi connectivity index (χ1n) is 13.8. The second-order valence-electron chi connectivity index (χ2n) is 10.8. The summed E-state index contributed by atoms with van der Waals surface area (Å²) in [6.45, 7) is 9.41. The predicted octanol–water partition coefficient (Wildman–Crippen LogP) is 4.39. The molecule has 13 heteroatoms. The van der Waals surface area contributed by atoms with Crippen molar-refractivity contribution in [3.05, 3.63) is 59.9 Å². The molecule has 1 aromatic carbocycles. The Morgan fingerprint density at radius 1 is 1.26 bits per heavy atom. The summed E-state index contributed by atoms with van der Waals surface area (Å²) < 4.78 is 55.9. The molecule has 2 fully saturated rings. The van der Waals surface area contributed by atoms with E-state index in [4.69, 9.17) is 15.2 Å². The van der Waals surface area contributed by atoms with Gasteiger partial charge in [-0.15, -0.1) is 0 Å². The molecule has 2 aromatic heterocycles. The highest BCUT2D eigenvalue weighted by molar-refractivity contribution is 5.76. The van der Waals surface area contributed by atoms with Crippen LogP contribution in [0.15, 0.2) is 43.1 Å². The lowest BCUT2D eigenvalue weighted by Gasteiger charge is -2.39. The molecule has 2 saturated heterocycles. The quantitative estimate of drug-likeness (QED) is 0.371. The van der Waals surface area contributed by atoms with Gasteiger partial charge in [-0.05, 0) is 62.3 Å². The molecule has 0 radical (unpaired) electrons. The molecule has 3 aromatic rings. The minimum Gasteiger partial charge on any atom is -0.465 e. The van der Waals surface area contributed by atoms with Gasteiger partial charge in [0, 0.05) is 37.5 Å². The molecule has 1 spiro atoms. The maximum atomic E-state index is 14.6. The lowest BCUT2D eigenvalue weighted by Crippen LogP contribution is -2.41. The monoisotopic (exact) mass is 585 g/mol. The van der Waals surface area contributed by atoms with Crippen LogP contribution >= 0.6 is 0 Å². The van der Waals surface area contributed by atoms with E-state index >= 15 is 0 Å². The van der Waals surface area contributed by atoms with E-state index in [1.54, 1.807) is 38.2 Å². The van der Waals surface area contributed by atoms with Crippen molar-refractivity contribution in [2.75, 3.05) is 36.9 Å². The van der Waals surface area contributed by atoms with Crippen molar-refractivity contribution in [2.45, 2.75) is 51.4 Å². The molecule has 2 aliphatic heterocycles. The second-order valence-corrected chi connectivity index (χ2v) is 10.8. The Morgan fingerprint density at radius 3 is 2.67 bits per heavy atom. The van der Waals surface area contributed by atoms with Gasteiger partial charge in [-0.1, -0.05) is 18.7 Å². The van der Waals surface area contributed by atoms with E-state index in [9.17, 15) is 18.0 Å². The van der Waals surface area contributed by atoms with Crippen molar-refractivity contribution in [3.63, 3.8) is 0 Å². The van der Waals surface area contributed by atoms with Crippen molar-refractivity contribution in [3.8, 4) is 11.6 Å². The van der Waals surface area contributed by atoms with Crippen molar-refractivity contribution in [1.29, 1.82) is 0 Å². The number of piperidine rings is 1. The molecular weight excluding hydrogens is 551 g/mol. The summed E-state index contributed by atoms with van der Waals surface area (Å²) in [4.78, 5) is 22.4. The van der Waals surface area contributed by atoms with Gasteiger partial charge < -0.3 is 25.4 Å². The number of nitrogen functional groups attached to an aromatic ring is 1. The average molecular weight is 586 g/mol. The van der Waals surface area contributed by atoms with E-state index in [1.807, 2.05) is 4.90 Å². The van der Waals surface area contributed by atoms with Crippen LogP contribution in [-0.4, -0.2) is 64.2 Å². The number of carbonyl (C=O) groups excluding carboxylic acids is 1. The topological polar surface area (TPSA) is 120 Å². The number of nitrogens with zero attached hydrogens (tertiary/aromatic N) is 5. The number of hydrogen-bond donors (Lipinski definition) is 2. The van der Waals surface area contributed by atoms with Crippen molar-refractivity contribution in [2.24, 2.45) is 5.41 Å². The molecule has 2 atom stereocenters. The fourth-order valence-corrected chi connectivity index (χ4v) is 5.67. The fourth-order valence-electron chi connectivity index (χ4n) is 5.67. The molecule has 3 N–H and O–H groups in total. The van der Waals surface area contributed by atoms with Crippen LogP contribution in [-0.2, 0) is 9.53 Å². The molecule has 0 amide bonds.